The van der Waals surface area contributed by atoms with Crippen LogP contribution in [0.4, 0.5) is 0 Å². The van der Waals surface area contributed by atoms with Crippen LogP contribution in [0.2, 0.25) is 0 Å². The van der Waals surface area contributed by atoms with E-state index in [4.69, 9.17) is 5.73 Å². The van der Waals surface area contributed by atoms with Gasteiger partial charge in [0.05, 0.1) is 0 Å². The summed E-state index contributed by atoms with van der Waals surface area (Å²) in [4.78, 5) is 24.0. The molecule has 3 aromatic rings. The third-order valence-electron chi connectivity index (χ3n) is 6.36. The Kier molecular flexibility index (Phi) is 4.23. The van der Waals surface area contributed by atoms with Crippen LogP contribution in [0.15, 0.2) is 60.0 Å². The highest BCUT2D eigenvalue weighted by Gasteiger charge is 2.55. The SMILES string of the molecule is CN1C(=O)C2(C[C@@](C)(CO)Cc3ccc(-c4cccnc4-n4cccn4)cc32)N=C1N. The van der Waals surface area contributed by atoms with Crippen LogP contribution in [0.5, 0.6) is 0 Å². The Morgan fingerprint density at radius 3 is 2.74 bits per heavy atom. The van der Waals surface area contributed by atoms with Crippen molar-refractivity contribution in [3.63, 3.8) is 0 Å². The minimum absolute atomic E-state index is 0.0333. The van der Waals surface area contributed by atoms with Gasteiger partial charge in [0.15, 0.2) is 17.3 Å². The molecule has 0 fully saturated rings. The van der Waals surface area contributed by atoms with Crippen LogP contribution in [0.1, 0.15) is 24.5 Å². The fourth-order valence-electron chi connectivity index (χ4n) is 4.82. The fraction of sp³-hybridized carbons (Fsp3) is 0.304. The number of benzene rings is 1. The Morgan fingerprint density at radius 1 is 1.23 bits per heavy atom. The van der Waals surface area contributed by atoms with Gasteiger partial charge in [-0.1, -0.05) is 19.1 Å². The van der Waals surface area contributed by atoms with Gasteiger partial charge in [-0.15, -0.1) is 0 Å². The number of aliphatic hydroxyl groups excluding tert-OH is 1. The number of fused-ring (bicyclic) bond motifs is 2. The molecule has 1 amide bonds. The molecule has 8 heteroatoms. The number of amides is 1. The van der Waals surface area contributed by atoms with E-state index in [0.29, 0.717) is 18.7 Å². The Bertz CT molecular complexity index is 1200. The predicted molar refractivity (Wildman–Crippen MR) is 116 cm³/mol. The molecule has 2 aliphatic rings. The first-order valence-corrected chi connectivity index (χ1v) is 10.2. The lowest BCUT2D eigenvalue weighted by molar-refractivity contribution is -0.132. The number of nitrogens with two attached hydrogens (primary N) is 1. The topological polar surface area (TPSA) is 110 Å². The van der Waals surface area contributed by atoms with Crippen molar-refractivity contribution in [1.29, 1.82) is 0 Å². The number of rotatable bonds is 3. The Morgan fingerprint density at radius 2 is 2.06 bits per heavy atom. The van der Waals surface area contributed by atoms with Gasteiger partial charge in [0.25, 0.3) is 5.91 Å². The van der Waals surface area contributed by atoms with E-state index in [1.807, 2.05) is 49.5 Å². The second kappa shape index (κ2) is 6.75. The highest BCUT2D eigenvalue weighted by molar-refractivity contribution is 6.07. The number of hydrogen-bond acceptors (Lipinski definition) is 6. The van der Waals surface area contributed by atoms with E-state index >= 15 is 0 Å². The summed E-state index contributed by atoms with van der Waals surface area (Å²) in [5.41, 5.74) is 8.12. The lowest BCUT2D eigenvalue weighted by Gasteiger charge is -2.42. The average Bonchev–Trinajstić information content (AvgIpc) is 3.38. The van der Waals surface area contributed by atoms with Gasteiger partial charge >= 0.3 is 0 Å². The van der Waals surface area contributed by atoms with Crippen molar-refractivity contribution in [2.75, 3.05) is 13.7 Å². The standard InChI is InChI=1S/C23H24N6O2/c1-22(14-30)12-16-7-6-15(17-5-3-8-25-19(17)29-10-4-9-26-29)11-18(16)23(13-22)20(31)28(2)21(24)27-23/h3-11,30H,12-14H2,1-2H3,(H2,24,27)/t22-,23?/m0/s1. The van der Waals surface area contributed by atoms with Crippen molar-refractivity contribution in [3.05, 3.63) is 66.1 Å². The van der Waals surface area contributed by atoms with Crippen LogP contribution in [0.25, 0.3) is 16.9 Å². The Hall–Kier alpha value is -3.52. The highest BCUT2D eigenvalue weighted by atomic mass is 16.3. The maximum absolute atomic E-state index is 13.4. The highest BCUT2D eigenvalue weighted by Crippen LogP contribution is 2.50. The lowest BCUT2D eigenvalue weighted by Crippen LogP contribution is -2.47. The smallest absolute Gasteiger partial charge is 0.261 e. The van der Waals surface area contributed by atoms with E-state index < -0.39 is 11.0 Å². The molecule has 3 N–H and O–H groups in total. The van der Waals surface area contributed by atoms with Gasteiger partial charge in [0, 0.05) is 37.8 Å². The van der Waals surface area contributed by atoms with Crippen molar-refractivity contribution in [2.45, 2.75) is 25.3 Å². The largest absolute Gasteiger partial charge is 0.396 e. The number of carbonyl (C=O) groups is 1. The molecular formula is C23H24N6O2. The molecule has 3 heterocycles. The summed E-state index contributed by atoms with van der Waals surface area (Å²) in [6.45, 7) is 1.95. The summed E-state index contributed by atoms with van der Waals surface area (Å²) in [6, 6.07) is 11.8. The van der Waals surface area contributed by atoms with Crippen molar-refractivity contribution >= 4 is 11.9 Å². The van der Waals surface area contributed by atoms with Crippen LogP contribution in [-0.2, 0) is 16.8 Å². The molecule has 2 atom stereocenters. The minimum Gasteiger partial charge on any atom is -0.396 e. The van der Waals surface area contributed by atoms with Crippen molar-refractivity contribution < 1.29 is 9.90 Å². The molecule has 31 heavy (non-hydrogen) atoms. The maximum atomic E-state index is 13.4. The number of likely N-dealkylation sites (N-methyl/N-ethyl adjacent to an activating group) is 1. The molecule has 1 spiro atoms. The fourth-order valence-corrected chi connectivity index (χ4v) is 4.82. The molecule has 0 saturated heterocycles. The average molecular weight is 416 g/mol. The van der Waals surface area contributed by atoms with Crippen LogP contribution < -0.4 is 5.73 Å². The van der Waals surface area contributed by atoms with E-state index in [1.54, 1.807) is 24.1 Å². The second-order valence-corrected chi connectivity index (χ2v) is 8.71. The number of nitrogens with zero attached hydrogens (tertiary/aromatic N) is 5. The van der Waals surface area contributed by atoms with E-state index in [-0.39, 0.29) is 18.5 Å². The molecule has 158 valence electrons. The number of aliphatic imine (C=N–C) groups is 1. The molecule has 1 aliphatic heterocycles. The molecule has 5 rings (SSSR count). The molecule has 2 aromatic heterocycles. The van der Waals surface area contributed by atoms with Gasteiger partial charge in [-0.25, -0.2) is 14.7 Å². The summed E-state index contributed by atoms with van der Waals surface area (Å²) >= 11 is 0. The zero-order chi connectivity index (χ0) is 21.8. The molecule has 1 aromatic carbocycles. The first-order chi connectivity index (χ1) is 14.9. The first-order valence-electron chi connectivity index (χ1n) is 10.2. The summed E-state index contributed by atoms with van der Waals surface area (Å²) in [7, 11) is 1.64. The van der Waals surface area contributed by atoms with Crippen molar-refractivity contribution in [1.82, 2.24) is 19.7 Å². The van der Waals surface area contributed by atoms with Gasteiger partial charge in [-0.05, 0) is 59.2 Å². The molecule has 1 unspecified atom stereocenters. The van der Waals surface area contributed by atoms with Crippen LogP contribution >= 0.6 is 0 Å². The first kappa shape index (κ1) is 19.4. The minimum atomic E-state index is -1.13. The number of guanidine groups is 1. The van der Waals surface area contributed by atoms with Crippen molar-refractivity contribution in [3.8, 4) is 16.9 Å². The molecule has 0 bridgehead atoms. The molecular weight excluding hydrogens is 392 g/mol. The third kappa shape index (κ3) is 2.86. The molecule has 8 nitrogen and oxygen atoms in total. The van der Waals surface area contributed by atoms with Crippen molar-refractivity contribution in [2.24, 2.45) is 16.1 Å². The third-order valence-corrected chi connectivity index (χ3v) is 6.36. The van der Waals surface area contributed by atoms with E-state index in [1.165, 1.54) is 4.90 Å². The van der Waals surface area contributed by atoms with Gasteiger partial charge in [-0.2, -0.15) is 5.10 Å². The number of pyridine rings is 1. The van der Waals surface area contributed by atoms with Crippen LogP contribution in [0, 0.1) is 5.41 Å². The van der Waals surface area contributed by atoms with Crippen LogP contribution in [0.3, 0.4) is 0 Å². The Balaban J connectivity index is 1.71. The number of carbonyl (C=O) groups excluding carboxylic acids is 1. The normalized spacial score (nSPS) is 25.1. The lowest BCUT2D eigenvalue weighted by atomic mass is 9.64. The summed E-state index contributed by atoms with van der Waals surface area (Å²) in [5.74, 6) is 0.735. The summed E-state index contributed by atoms with van der Waals surface area (Å²) in [6.07, 6.45) is 6.34. The predicted octanol–water partition coefficient (Wildman–Crippen LogP) is 1.86. The monoisotopic (exact) mass is 416 g/mol. The summed E-state index contributed by atoms with van der Waals surface area (Å²) in [5, 5.41) is 14.4. The van der Waals surface area contributed by atoms with Crippen LogP contribution in [-0.4, -0.2) is 50.3 Å². The van der Waals surface area contributed by atoms with E-state index in [0.717, 1.165) is 22.3 Å². The molecule has 0 radical (unpaired) electrons. The number of aromatic nitrogens is 3. The second-order valence-electron chi connectivity index (χ2n) is 8.71. The number of hydrogen-bond donors (Lipinski definition) is 2. The van der Waals surface area contributed by atoms with Gasteiger partial charge in [0.1, 0.15) is 0 Å². The van der Waals surface area contributed by atoms with Gasteiger partial charge in [0.2, 0.25) is 0 Å². The molecule has 0 saturated carbocycles. The zero-order valence-electron chi connectivity index (χ0n) is 17.5. The van der Waals surface area contributed by atoms with Gasteiger partial charge in [-0.3, -0.25) is 9.69 Å². The Labute approximate surface area is 180 Å². The summed E-state index contributed by atoms with van der Waals surface area (Å²) < 4.78 is 1.72. The zero-order valence-corrected chi connectivity index (χ0v) is 17.5. The number of aliphatic hydroxyl groups is 1. The van der Waals surface area contributed by atoms with E-state index in [9.17, 15) is 9.90 Å². The quantitative estimate of drug-likeness (QED) is 0.677. The maximum Gasteiger partial charge on any atom is 0.261 e. The van der Waals surface area contributed by atoms with E-state index in [2.05, 4.69) is 15.1 Å². The molecule has 1 aliphatic carbocycles. The van der Waals surface area contributed by atoms with Gasteiger partial charge < -0.3 is 10.8 Å².